The van der Waals surface area contributed by atoms with Gasteiger partial charge >= 0.3 is 0 Å². The van der Waals surface area contributed by atoms with E-state index >= 15 is 0 Å². The average molecular weight is 337 g/mol. The largest absolute Gasteiger partial charge is 0.353 e. The lowest BCUT2D eigenvalue weighted by molar-refractivity contribution is -0.121. The molecule has 0 saturated carbocycles. The van der Waals surface area contributed by atoms with E-state index < -0.39 is 9.84 Å². The zero-order chi connectivity index (χ0) is 16.0. The third-order valence-electron chi connectivity index (χ3n) is 3.20. The smallest absolute Gasteiger partial charge is 0.221 e. The Labute approximate surface area is 135 Å². The van der Waals surface area contributed by atoms with Gasteiger partial charge in [0.2, 0.25) is 5.91 Å². The van der Waals surface area contributed by atoms with E-state index in [1.807, 2.05) is 24.4 Å². The van der Waals surface area contributed by atoms with Gasteiger partial charge in [-0.3, -0.25) is 4.79 Å². The molecule has 1 atom stereocenters. The van der Waals surface area contributed by atoms with Crippen molar-refractivity contribution < 1.29 is 13.2 Å². The minimum atomic E-state index is -3.40. The summed E-state index contributed by atoms with van der Waals surface area (Å²) < 4.78 is 24.2. The molecule has 0 bridgehead atoms. The molecule has 1 aromatic carbocycles. The lowest BCUT2D eigenvalue weighted by Gasteiger charge is -2.13. The van der Waals surface area contributed by atoms with E-state index in [9.17, 15) is 13.2 Å². The molecule has 0 fully saturated rings. The number of hydrogen-bond donors (Lipinski definition) is 1. The first-order chi connectivity index (χ1) is 10.5. The van der Waals surface area contributed by atoms with Crippen LogP contribution >= 0.6 is 11.3 Å². The van der Waals surface area contributed by atoms with Gasteiger partial charge in [-0.1, -0.05) is 24.3 Å². The molecule has 0 saturated heterocycles. The highest BCUT2D eigenvalue weighted by atomic mass is 32.2. The SMILES string of the molecule is C[C@H](Cc1cccs1)NC(=O)CCS(=O)(=O)c1ccccc1. The molecule has 1 amide bonds. The third-order valence-corrected chi connectivity index (χ3v) is 5.83. The molecule has 1 aromatic heterocycles. The molecule has 0 aliphatic heterocycles. The Morgan fingerprint density at radius 2 is 1.91 bits per heavy atom. The lowest BCUT2D eigenvalue weighted by atomic mass is 10.2. The standard InChI is InChI=1S/C16H19NO3S2/c1-13(12-14-6-5-10-21-14)17-16(18)9-11-22(19,20)15-7-3-2-4-8-15/h2-8,10,13H,9,11-12H2,1H3,(H,17,18)/t13-/m1/s1. The first kappa shape index (κ1) is 16.7. The Morgan fingerprint density at radius 1 is 1.18 bits per heavy atom. The summed E-state index contributed by atoms with van der Waals surface area (Å²) in [6, 6.07) is 12.2. The Morgan fingerprint density at radius 3 is 2.55 bits per heavy atom. The first-order valence-electron chi connectivity index (χ1n) is 7.07. The van der Waals surface area contributed by atoms with Crippen LogP contribution in [0.1, 0.15) is 18.2 Å². The van der Waals surface area contributed by atoms with Crippen molar-refractivity contribution in [3.8, 4) is 0 Å². The molecule has 1 heterocycles. The van der Waals surface area contributed by atoms with E-state index in [0.29, 0.717) is 0 Å². The fourth-order valence-corrected chi connectivity index (χ4v) is 4.20. The molecule has 2 rings (SSSR count). The van der Waals surface area contributed by atoms with Crippen LogP contribution in [0.3, 0.4) is 0 Å². The second-order valence-corrected chi connectivity index (χ2v) is 8.28. The van der Waals surface area contributed by atoms with E-state index in [4.69, 9.17) is 0 Å². The van der Waals surface area contributed by atoms with Crippen molar-refractivity contribution in [1.29, 1.82) is 0 Å². The van der Waals surface area contributed by atoms with Gasteiger partial charge in [-0.05, 0) is 30.5 Å². The van der Waals surface area contributed by atoms with Crippen LogP contribution in [0.15, 0.2) is 52.7 Å². The number of carbonyl (C=O) groups is 1. The second kappa shape index (κ2) is 7.56. The van der Waals surface area contributed by atoms with E-state index in [2.05, 4.69) is 5.32 Å². The van der Waals surface area contributed by atoms with Gasteiger partial charge in [0.05, 0.1) is 10.6 Å². The summed E-state index contributed by atoms with van der Waals surface area (Å²) in [6.45, 7) is 1.92. The van der Waals surface area contributed by atoms with Gasteiger partial charge in [-0.2, -0.15) is 0 Å². The summed E-state index contributed by atoms with van der Waals surface area (Å²) in [5.74, 6) is -0.405. The fraction of sp³-hybridized carbons (Fsp3) is 0.312. The zero-order valence-electron chi connectivity index (χ0n) is 12.4. The monoisotopic (exact) mass is 337 g/mol. The Hall–Kier alpha value is -1.66. The molecule has 0 spiro atoms. The Bertz CT molecular complexity index is 694. The highest BCUT2D eigenvalue weighted by Gasteiger charge is 2.17. The van der Waals surface area contributed by atoms with Crippen LogP contribution in [-0.4, -0.2) is 26.1 Å². The van der Waals surface area contributed by atoms with E-state index in [1.165, 1.54) is 4.88 Å². The maximum atomic E-state index is 12.1. The maximum Gasteiger partial charge on any atom is 0.221 e. The fourth-order valence-electron chi connectivity index (χ4n) is 2.10. The summed E-state index contributed by atoms with van der Waals surface area (Å²) in [6.07, 6.45) is 0.737. The molecule has 2 aromatic rings. The average Bonchev–Trinajstić information content (AvgIpc) is 2.99. The zero-order valence-corrected chi connectivity index (χ0v) is 14.0. The summed E-state index contributed by atoms with van der Waals surface area (Å²) in [5.41, 5.74) is 0. The predicted octanol–water partition coefficient (Wildman–Crippen LogP) is 2.66. The van der Waals surface area contributed by atoms with Crippen LogP contribution in [0.5, 0.6) is 0 Å². The van der Waals surface area contributed by atoms with E-state index in [0.717, 1.165) is 6.42 Å². The number of thiophene rings is 1. The number of sulfone groups is 1. The van der Waals surface area contributed by atoms with Crippen molar-refractivity contribution in [2.75, 3.05) is 5.75 Å². The van der Waals surface area contributed by atoms with Gasteiger partial charge in [0.1, 0.15) is 0 Å². The molecule has 0 aliphatic carbocycles. The highest BCUT2D eigenvalue weighted by molar-refractivity contribution is 7.91. The molecule has 118 valence electrons. The lowest BCUT2D eigenvalue weighted by Crippen LogP contribution is -2.34. The van der Waals surface area contributed by atoms with Crippen LogP contribution in [0.2, 0.25) is 0 Å². The Kier molecular flexibility index (Phi) is 5.74. The quantitative estimate of drug-likeness (QED) is 0.845. The van der Waals surface area contributed by atoms with Crippen molar-refractivity contribution >= 4 is 27.1 Å². The molecule has 0 unspecified atom stereocenters. The summed E-state index contributed by atoms with van der Waals surface area (Å²) in [7, 11) is -3.40. The number of nitrogens with one attached hydrogen (secondary N) is 1. The molecule has 6 heteroatoms. The van der Waals surface area contributed by atoms with Gasteiger partial charge in [-0.15, -0.1) is 11.3 Å². The van der Waals surface area contributed by atoms with E-state index in [1.54, 1.807) is 41.7 Å². The normalized spacial score (nSPS) is 12.8. The molecule has 22 heavy (non-hydrogen) atoms. The van der Waals surface area contributed by atoms with Crippen molar-refractivity contribution in [1.82, 2.24) is 5.32 Å². The van der Waals surface area contributed by atoms with Gasteiger partial charge in [-0.25, -0.2) is 8.42 Å². The van der Waals surface area contributed by atoms with Crippen LogP contribution < -0.4 is 5.32 Å². The summed E-state index contributed by atoms with van der Waals surface area (Å²) in [5, 5.41) is 4.84. The van der Waals surface area contributed by atoms with Crippen LogP contribution in [0.4, 0.5) is 0 Å². The maximum absolute atomic E-state index is 12.1. The molecule has 4 nitrogen and oxygen atoms in total. The molecule has 1 N–H and O–H groups in total. The topological polar surface area (TPSA) is 63.2 Å². The van der Waals surface area contributed by atoms with Gasteiger partial charge in [0, 0.05) is 23.8 Å². The van der Waals surface area contributed by atoms with E-state index in [-0.39, 0.29) is 29.0 Å². The van der Waals surface area contributed by atoms with Crippen molar-refractivity contribution in [3.05, 3.63) is 52.7 Å². The Balaban J connectivity index is 1.82. The summed E-state index contributed by atoms with van der Waals surface area (Å²) >= 11 is 1.65. The number of rotatable bonds is 7. The molecular weight excluding hydrogens is 318 g/mol. The highest BCUT2D eigenvalue weighted by Crippen LogP contribution is 2.12. The minimum absolute atomic E-state index is 0.00872. The van der Waals surface area contributed by atoms with Crippen molar-refractivity contribution in [3.63, 3.8) is 0 Å². The van der Waals surface area contributed by atoms with Crippen molar-refractivity contribution in [2.24, 2.45) is 0 Å². The third kappa shape index (κ3) is 4.96. The van der Waals surface area contributed by atoms with Crippen LogP contribution in [0.25, 0.3) is 0 Å². The number of amides is 1. The minimum Gasteiger partial charge on any atom is -0.353 e. The summed E-state index contributed by atoms with van der Waals surface area (Å²) in [4.78, 5) is 13.3. The van der Waals surface area contributed by atoms with Gasteiger partial charge in [0.15, 0.2) is 9.84 Å². The van der Waals surface area contributed by atoms with Gasteiger partial charge in [0.25, 0.3) is 0 Å². The number of hydrogen-bond acceptors (Lipinski definition) is 4. The number of benzene rings is 1. The molecular formula is C16H19NO3S2. The number of carbonyl (C=O) groups excluding carboxylic acids is 1. The van der Waals surface area contributed by atoms with Crippen LogP contribution in [0, 0.1) is 0 Å². The van der Waals surface area contributed by atoms with Crippen molar-refractivity contribution in [2.45, 2.75) is 30.7 Å². The predicted molar refractivity (Wildman–Crippen MR) is 88.7 cm³/mol. The molecule has 0 aliphatic rings. The molecule has 0 radical (unpaired) electrons. The van der Waals surface area contributed by atoms with Crippen LogP contribution in [-0.2, 0) is 21.1 Å². The van der Waals surface area contributed by atoms with Gasteiger partial charge < -0.3 is 5.32 Å². The second-order valence-electron chi connectivity index (χ2n) is 5.13. The first-order valence-corrected chi connectivity index (χ1v) is 9.60.